The highest BCUT2D eigenvalue weighted by atomic mass is 19.4. The summed E-state index contributed by atoms with van der Waals surface area (Å²) in [7, 11) is 0. The van der Waals surface area contributed by atoms with E-state index in [1.165, 1.54) is 0 Å². The van der Waals surface area contributed by atoms with Gasteiger partial charge in [-0.1, -0.05) is 0 Å². The molecule has 0 bridgehead atoms. The van der Waals surface area contributed by atoms with E-state index < -0.39 is 23.3 Å². The van der Waals surface area contributed by atoms with Crippen molar-refractivity contribution < 1.29 is 18.0 Å². The molecular formula is C22H23F3N6O2. The molecule has 4 rings (SSSR count). The normalized spacial score (nSPS) is 19.5. The number of nitriles is 1. The van der Waals surface area contributed by atoms with Gasteiger partial charge in [0.2, 0.25) is 5.91 Å². The fourth-order valence-corrected chi connectivity index (χ4v) is 4.39. The molecule has 1 aromatic carbocycles. The maximum absolute atomic E-state index is 13.1. The molecule has 2 aromatic rings. The summed E-state index contributed by atoms with van der Waals surface area (Å²) in [4.78, 5) is 30.2. The largest absolute Gasteiger partial charge is 0.421 e. The van der Waals surface area contributed by atoms with Gasteiger partial charge in [0.1, 0.15) is 5.56 Å². The number of nitrogens with zero attached hydrogens (tertiary/aromatic N) is 5. The van der Waals surface area contributed by atoms with Crippen LogP contribution in [0.3, 0.4) is 0 Å². The highest BCUT2D eigenvalue weighted by Gasteiger charge is 2.37. The summed E-state index contributed by atoms with van der Waals surface area (Å²) in [6, 6.07) is 9.72. The summed E-state index contributed by atoms with van der Waals surface area (Å²) in [6.07, 6.45) is -3.47. The maximum atomic E-state index is 13.1. The van der Waals surface area contributed by atoms with Crippen molar-refractivity contribution >= 4 is 11.6 Å². The average Bonchev–Trinajstić information content (AvgIpc) is 3.27. The molecule has 1 atom stereocenters. The number of aromatic nitrogens is 2. The van der Waals surface area contributed by atoms with Crippen LogP contribution in [0.4, 0.5) is 18.9 Å². The molecule has 1 aromatic heterocycles. The summed E-state index contributed by atoms with van der Waals surface area (Å²) in [5.41, 5.74) is -0.841. The number of H-pyrrole nitrogens is 1. The van der Waals surface area contributed by atoms with Crippen LogP contribution in [0.15, 0.2) is 35.1 Å². The minimum atomic E-state index is -4.76. The van der Waals surface area contributed by atoms with Crippen LogP contribution < -0.4 is 10.5 Å². The highest BCUT2D eigenvalue weighted by molar-refractivity contribution is 5.78. The number of amides is 1. The SMILES string of the molecule is N#Cc1ccc(N2CCN(C(=O)CN3CCCC3c3cc(C(F)(F)F)c(=O)[nH]n3)CC2)cc1. The van der Waals surface area contributed by atoms with E-state index in [4.69, 9.17) is 5.26 Å². The molecule has 0 saturated carbocycles. The lowest BCUT2D eigenvalue weighted by molar-refractivity contribution is -0.139. The summed E-state index contributed by atoms with van der Waals surface area (Å²) in [5.74, 6) is -0.0816. The molecule has 33 heavy (non-hydrogen) atoms. The first-order valence-corrected chi connectivity index (χ1v) is 10.7. The third kappa shape index (κ3) is 5.01. The summed E-state index contributed by atoms with van der Waals surface area (Å²) >= 11 is 0. The molecule has 0 radical (unpaired) electrons. The molecule has 8 nitrogen and oxygen atoms in total. The Balaban J connectivity index is 1.37. The molecule has 0 spiro atoms. The molecule has 1 amide bonds. The lowest BCUT2D eigenvalue weighted by Gasteiger charge is -2.37. The predicted octanol–water partition coefficient (Wildman–Crippen LogP) is 2.15. The van der Waals surface area contributed by atoms with Crippen LogP contribution >= 0.6 is 0 Å². The first kappa shape index (κ1) is 22.8. The highest BCUT2D eigenvalue weighted by Crippen LogP contribution is 2.33. The van der Waals surface area contributed by atoms with Crippen molar-refractivity contribution in [1.82, 2.24) is 20.0 Å². The fourth-order valence-electron chi connectivity index (χ4n) is 4.39. The third-order valence-corrected chi connectivity index (χ3v) is 6.17. The molecule has 3 heterocycles. The van der Waals surface area contributed by atoms with Gasteiger partial charge in [-0.2, -0.15) is 23.5 Å². The number of piperazine rings is 1. The number of benzene rings is 1. The Hall–Kier alpha value is -3.39. The molecular weight excluding hydrogens is 437 g/mol. The zero-order chi connectivity index (χ0) is 23.6. The van der Waals surface area contributed by atoms with Crippen molar-refractivity contribution in [3.8, 4) is 6.07 Å². The third-order valence-electron chi connectivity index (χ3n) is 6.17. The average molecular weight is 460 g/mol. The van der Waals surface area contributed by atoms with Gasteiger partial charge in [-0.25, -0.2) is 5.10 Å². The Morgan fingerprint density at radius 3 is 2.48 bits per heavy atom. The molecule has 1 unspecified atom stereocenters. The van der Waals surface area contributed by atoms with Crippen LogP contribution in [-0.4, -0.2) is 65.2 Å². The zero-order valence-electron chi connectivity index (χ0n) is 17.8. The van der Waals surface area contributed by atoms with Gasteiger partial charge in [0.25, 0.3) is 5.56 Å². The Kier molecular flexibility index (Phi) is 6.37. The lowest BCUT2D eigenvalue weighted by Crippen LogP contribution is -2.51. The van der Waals surface area contributed by atoms with E-state index in [2.05, 4.69) is 16.1 Å². The van der Waals surface area contributed by atoms with Gasteiger partial charge in [-0.3, -0.25) is 14.5 Å². The van der Waals surface area contributed by atoms with Crippen molar-refractivity contribution in [3.63, 3.8) is 0 Å². The van der Waals surface area contributed by atoms with Crippen molar-refractivity contribution in [3.05, 3.63) is 57.5 Å². The van der Waals surface area contributed by atoms with Crippen LogP contribution in [0.5, 0.6) is 0 Å². The molecule has 2 aliphatic heterocycles. The van der Waals surface area contributed by atoms with Gasteiger partial charge in [-0.05, 0) is 49.7 Å². The van der Waals surface area contributed by atoms with Crippen molar-refractivity contribution in [2.24, 2.45) is 0 Å². The minimum absolute atomic E-state index is 0.0816. The summed E-state index contributed by atoms with van der Waals surface area (Å²) in [6.45, 7) is 3.03. The van der Waals surface area contributed by atoms with E-state index in [0.717, 1.165) is 18.2 Å². The molecule has 2 saturated heterocycles. The number of hydrogen-bond donors (Lipinski definition) is 1. The number of carbonyl (C=O) groups is 1. The van der Waals surface area contributed by atoms with E-state index >= 15 is 0 Å². The van der Waals surface area contributed by atoms with E-state index in [0.29, 0.717) is 44.7 Å². The van der Waals surface area contributed by atoms with Crippen LogP contribution in [0.1, 0.15) is 35.7 Å². The Morgan fingerprint density at radius 1 is 1.15 bits per heavy atom. The summed E-state index contributed by atoms with van der Waals surface area (Å²) in [5, 5.41) is 14.7. The molecule has 11 heteroatoms. The lowest BCUT2D eigenvalue weighted by atomic mass is 10.1. The second-order valence-corrected chi connectivity index (χ2v) is 8.19. The van der Waals surface area contributed by atoms with Crippen LogP contribution in [0.25, 0.3) is 0 Å². The molecule has 0 aliphatic carbocycles. The molecule has 2 aliphatic rings. The number of rotatable bonds is 4. The first-order chi connectivity index (χ1) is 15.8. The summed E-state index contributed by atoms with van der Waals surface area (Å²) < 4.78 is 39.4. The second-order valence-electron chi connectivity index (χ2n) is 8.19. The van der Waals surface area contributed by atoms with E-state index in [-0.39, 0.29) is 18.1 Å². The molecule has 2 fully saturated rings. The Morgan fingerprint density at radius 2 is 1.85 bits per heavy atom. The Labute approximate surface area is 188 Å². The molecule has 174 valence electrons. The maximum Gasteiger partial charge on any atom is 0.421 e. The second kappa shape index (κ2) is 9.23. The fraction of sp³-hybridized carbons (Fsp3) is 0.455. The number of nitrogens with one attached hydrogen (secondary N) is 1. The topological polar surface area (TPSA) is 96.3 Å². The number of alkyl halides is 3. The minimum Gasteiger partial charge on any atom is -0.368 e. The quantitative estimate of drug-likeness (QED) is 0.751. The number of carbonyl (C=O) groups excluding carboxylic acids is 1. The van der Waals surface area contributed by atoms with Gasteiger partial charge in [0.05, 0.1) is 29.9 Å². The van der Waals surface area contributed by atoms with E-state index in [1.807, 2.05) is 22.1 Å². The number of aromatic amines is 1. The Bertz CT molecular complexity index is 1100. The number of anilines is 1. The van der Waals surface area contributed by atoms with Gasteiger partial charge >= 0.3 is 6.18 Å². The van der Waals surface area contributed by atoms with E-state index in [1.54, 1.807) is 17.0 Å². The number of hydrogen-bond acceptors (Lipinski definition) is 6. The molecule has 1 N–H and O–H groups in total. The standard InChI is InChI=1S/C22H23F3N6O2/c23-22(24,25)17-12-18(27-28-21(17)33)19-2-1-7-31(19)14-20(32)30-10-8-29(9-11-30)16-5-3-15(13-26)4-6-16/h3-6,12,19H,1-2,7-11,14H2,(H,28,33). The van der Waals surface area contributed by atoms with E-state index in [9.17, 15) is 22.8 Å². The van der Waals surface area contributed by atoms with Crippen molar-refractivity contribution in [1.29, 1.82) is 5.26 Å². The monoisotopic (exact) mass is 460 g/mol. The van der Waals surface area contributed by atoms with Crippen molar-refractivity contribution in [2.75, 3.05) is 44.2 Å². The van der Waals surface area contributed by atoms with Gasteiger partial charge in [-0.15, -0.1) is 0 Å². The van der Waals surface area contributed by atoms with Crippen molar-refractivity contribution in [2.45, 2.75) is 25.1 Å². The van der Waals surface area contributed by atoms with Crippen LogP contribution in [-0.2, 0) is 11.0 Å². The van der Waals surface area contributed by atoms with Gasteiger partial charge < -0.3 is 9.80 Å². The first-order valence-electron chi connectivity index (χ1n) is 10.7. The van der Waals surface area contributed by atoms with Gasteiger partial charge in [0, 0.05) is 31.9 Å². The number of halogens is 3. The van der Waals surface area contributed by atoms with Crippen LogP contribution in [0, 0.1) is 11.3 Å². The number of likely N-dealkylation sites (tertiary alicyclic amines) is 1. The zero-order valence-corrected chi connectivity index (χ0v) is 17.8. The smallest absolute Gasteiger partial charge is 0.368 e. The van der Waals surface area contributed by atoms with Gasteiger partial charge in [0.15, 0.2) is 0 Å². The van der Waals surface area contributed by atoms with Crippen LogP contribution in [0.2, 0.25) is 0 Å². The predicted molar refractivity (Wildman–Crippen MR) is 113 cm³/mol.